The van der Waals surface area contributed by atoms with Crippen molar-refractivity contribution in [2.75, 3.05) is 13.7 Å². The third kappa shape index (κ3) is 3.49. The number of ketones is 1. The molecular formula is C9H12BrNO2S. The molecule has 0 aliphatic rings. The zero-order valence-corrected chi connectivity index (χ0v) is 10.2. The molecule has 1 aromatic rings. The zero-order valence-electron chi connectivity index (χ0n) is 7.83. The number of ether oxygens (including phenoxy) is 1. The van der Waals surface area contributed by atoms with Crippen molar-refractivity contribution in [3.05, 3.63) is 20.8 Å². The summed E-state index contributed by atoms with van der Waals surface area (Å²) in [6.45, 7) is 0.415. The lowest BCUT2D eigenvalue weighted by atomic mass is 10.1. The maximum absolute atomic E-state index is 11.6. The van der Waals surface area contributed by atoms with E-state index in [2.05, 4.69) is 15.9 Å². The van der Waals surface area contributed by atoms with Gasteiger partial charge in [0.25, 0.3) is 0 Å². The number of rotatable bonds is 5. The van der Waals surface area contributed by atoms with E-state index in [9.17, 15) is 4.79 Å². The lowest BCUT2D eigenvalue weighted by Crippen LogP contribution is -2.28. The molecule has 0 aromatic carbocycles. The van der Waals surface area contributed by atoms with E-state index >= 15 is 0 Å². The molecule has 0 saturated carbocycles. The second kappa shape index (κ2) is 5.60. The molecule has 0 saturated heterocycles. The van der Waals surface area contributed by atoms with Gasteiger partial charge in [-0.2, -0.15) is 0 Å². The number of thiophene rings is 1. The minimum absolute atomic E-state index is 0.0743. The van der Waals surface area contributed by atoms with Gasteiger partial charge in [-0.3, -0.25) is 4.79 Å². The Morgan fingerprint density at radius 2 is 2.50 bits per heavy atom. The third-order valence-corrected chi connectivity index (χ3v) is 3.40. The van der Waals surface area contributed by atoms with E-state index in [-0.39, 0.29) is 11.8 Å². The number of halogens is 1. The molecule has 0 bridgehead atoms. The summed E-state index contributed by atoms with van der Waals surface area (Å²) in [6, 6.07) is 1.60. The molecule has 1 rings (SSSR count). The summed E-state index contributed by atoms with van der Waals surface area (Å²) in [5.41, 5.74) is 5.68. The highest BCUT2D eigenvalue weighted by atomic mass is 79.9. The van der Waals surface area contributed by atoms with Crippen LogP contribution in [0.15, 0.2) is 15.9 Å². The third-order valence-electron chi connectivity index (χ3n) is 1.67. The van der Waals surface area contributed by atoms with Gasteiger partial charge in [0.05, 0.1) is 11.5 Å². The molecule has 0 fully saturated rings. The molecule has 0 amide bonds. The van der Waals surface area contributed by atoms with Crippen molar-refractivity contribution in [3.63, 3.8) is 0 Å². The molecule has 0 radical (unpaired) electrons. The summed E-state index contributed by atoms with van der Waals surface area (Å²) < 4.78 is 5.80. The topological polar surface area (TPSA) is 52.3 Å². The molecule has 14 heavy (non-hydrogen) atoms. The Kier molecular flexibility index (Phi) is 4.74. The second-order valence-corrected chi connectivity index (χ2v) is 4.80. The molecule has 5 heteroatoms. The first-order valence-electron chi connectivity index (χ1n) is 4.15. The van der Waals surface area contributed by atoms with Gasteiger partial charge in [0, 0.05) is 29.4 Å². The molecule has 2 N–H and O–H groups in total. The number of hydrogen-bond donors (Lipinski definition) is 1. The molecule has 1 aromatic heterocycles. The monoisotopic (exact) mass is 277 g/mol. The van der Waals surface area contributed by atoms with Crippen LogP contribution in [-0.2, 0) is 4.74 Å². The van der Waals surface area contributed by atoms with Crippen molar-refractivity contribution in [1.82, 2.24) is 0 Å². The zero-order chi connectivity index (χ0) is 10.6. The van der Waals surface area contributed by atoms with Gasteiger partial charge in [-0.15, -0.1) is 11.3 Å². The minimum Gasteiger partial charge on any atom is -0.383 e. The van der Waals surface area contributed by atoms with E-state index in [0.717, 1.165) is 9.35 Å². The first kappa shape index (κ1) is 11.8. The summed E-state index contributed by atoms with van der Waals surface area (Å²) >= 11 is 4.72. The average Bonchev–Trinajstić information content (AvgIpc) is 2.52. The summed E-state index contributed by atoms with van der Waals surface area (Å²) in [5, 5.41) is 1.88. The van der Waals surface area contributed by atoms with Crippen LogP contribution in [-0.4, -0.2) is 25.5 Å². The van der Waals surface area contributed by atoms with Gasteiger partial charge in [0.1, 0.15) is 0 Å². The van der Waals surface area contributed by atoms with Gasteiger partial charge >= 0.3 is 0 Å². The fourth-order valence-electron chi connectivity index (χ4n) is 1.07. The second-order valence-electron chi connectivity index (χ2n) is 2.97. The largest absolute Gasteiger partial charge is 0.383 e. The van der Waals surface area contributed by atoms with Gasteiger partial charge in [-0.05, 0) is 22.0 Å². The Morgan fingerprint density at radius 1 is 1.79 bits per heavy atom. The lowest BCUT2D eigenvalue weighted by molar-refractivity contribution is 0.0953. The van der Waals surface area contributed by atoms with Crippen molar-refractivity contribution in [1.29, 1.82) is 0 Å². The van der Waals surface area contributed by atoms with E-state index in [1.165, 1.54) is 11.3 Å². The predicted molar refractivity (Wildman–Crippen MR) is 60.8 cm³/mol. The molecular weight excluding hydrogens is 266 g/mol. The van der Waals surface area contributed by atoms with Gasteiger partial charge in [-0.25, -0.2) is 0 Å². The van der Waals surface area contributed by atoms with Gasteiger partial charge in [0.15, 0.2) is 5.78 Å². The van der Waals surface area contributed by atoms with Crippen molar-refractivity contribution >= 4 is 33.0 Å². The first-order chi connectivity index (χ1) is 6.63. The fraction of sp³-hybridized carbons (Fsp3) is 0.444. The smallest absolute Gasteiger partial charge is 0.174 e. The fourth-order valence-corrected chi connectivity index (χ4v) is 2.45. The number of hydrogen-bond acceptors (Lipinski definition) is 4. The first-order valence-corrected chi connectivity index (χ1v) is 5.82. The van der Waals surface area contributed by atoms with Gasteiger partial charge in [0.2, 0.25) is 0 Å². The van der Waals surface area contributed by atoms with Crippen LogP contribution in [0.3, 0.4) is 0 Å². The number of nitrogens with two attached hydrogens (primary N) is 1. The summed E-state index contributed by atoms with van der Waals surface area (Å²) in [4.78, 5) is 12.3. The molecule has 1 unspecified atom stereocenters. The van der Waals surface area contributed by atoms with Crippen molar-refractivity contribution in [2.24, 2.45) is 5.73 Å². The number of Topliss-reactive ketones (excluding diaryl/α,β-unsaturated/α-hetero) is 1. The quantitative estimate of drug-likeness (QED) is 0.839. The number of carbonyl (C=O) groups is 1. The maximum atomic E-state index is 11.6. The van der Waals surface area contributed by atoms with Crippen LogP contribution < -0.4 is 5.73 Å². The van der Waals surface area contributed by atoms with E-state index in [1.54, 1.807) is 7.11 Å². The molecule has 78 valence electrons. The standard InChI is InChI=1S/C9H12BrNO2S/c1-13-4-7(11)3-8(12)9-2-6(10)5-14-9/h2,5,7H,3-4,11H2,1H3. The van der Waals surface area contributed by atoms with Crippen LogP contribution in [0, 0.1) is 0 Å². The molecule has 1 heterocycles. The van der Waals surface area contributed by atoms with E-state index in [4.69, 9.17) is 10.5 Å². The highest BCUT2D eigenvalue weighted by Gasteiger charge is 2.13. The lowest BCUT2D eigenvalue weighted by Gasteiger charge is -2.07. The predicted octanol–water partition coefficient (Wildman–Crippen LogP) is 2.06. The average molecular weight is 278 g/mol. The van der Waals surface area contributed by atoms with Crippen LogP contribution >= 0.6 is 27.3 Å². The summed E-state index contributed by atoms with van der Waals surface area (Å²) in [5.74, 6) is 0.0743. The molecule has 0 aliphatic carbocycles. The van der Waals surface area contributed by atoms with Gasteiger partial charge in [-0.1, -0.05) is 0 Å². The SMILES string of the molecule is COCC(N)CC(=O)c1cc(Br)cs1. The molecule has 0 spiro atoms. The van der Waals surface area contributed by atoms with E-state index in [0.29, 0.717) is 13.0 Å². The molecule has 1 atom stereocenters. The van der Waals surface area contributed by atoms with Crippen LogP contribution in [0.4, 0.5) is 0 Å². The van der Waals surface area contributed by atoms with Crippen LogP contribution in [0.5, 0.6) is 0 Å². The minimum atomic E-state index is -0.214. The Morgan fingerprint density at radius 3 is 3.00 bits per heavy atom. The summed E-state index contributed by atoms with van der Waals surface area (Å²) in [6.07, 6.45) is 0.334. The number of methoxy groups -OCH3 is 1. The molecule has 3 nitrogen and oxygen atoms in total. The van der Waals surface area contributed by atoms with Crippen LogP contribution in [0.25, 0.3) is 0 Å². The Balaban J connectivity index is 2.50. The number of carbonyl (C=O) groups excluding carboxylic acids is 1. The highest BCUT2D eigenvalue weighted by Crippen LogP contribution is 2.21. The Labute approximate surface area is 95.4 Å². The van der Waals surface area contributed by atoms with E-state index < -0.39 is 0 Å². The van der Waals surface area contributed by atoms with Crippen molar-refractivity contribution < 1.29 is 9.53 Å². The van der Waals surface area contributed by atoms with Crippen LogP contribution in [0.1, 0.15) is 16.1 Å². The Bertz CT molecular complexity index is 314. The highest BCUT2D eigenvalue weighted by molar-refractivity contribution is 9.10. The van der Waals surface area contributed by atoms with E-state index in [1.807, 2.05) is 11.4 Å². The summed E-state index contributed by atoms with van der Waals surface area (Å²) in [7, 11) is 1.58. The van der Waals surface area contributed by atoms with Crippen molar-refractivity contribution in [2.45, 2.75) is 12.5 Å². The Hall–Kier alpha value is -0.230. The van der Waals surface area contributed by atoms with Gasteiger partial charge < -0.3 is 10.5 Å². The normalized spacial score (nSPS) is 12.8. The molecule has 0 aliphatic heterocycles. The van der Waals surface area contributed by atoms with Crippen LogP contribution in [0.2, 0.25) is 0 Å². The maximum Gasteiger partial charge on any atom is 0.174 e. The van der Waals surface area contributed by atoms with Crippen molar-refractivity contribution in [3.8, 4) is 0 Å².